The van der Waals surface area contributed by atoms with Crippen LogP contribution in [0, 0.1) is 0 Å². The largest absolute Gasteiger partial charge is 0.495 e. The van der Waals surface area contributed by atoms with Crippen LogP contribution in [0.15, 0.2) is 36.4 Å². The molecule has 0 spiro atoms. The normalized spacial score (nSPS) is 14.0. The van der Waals surface area contributed by atoms with E-state index in [4.69, 9.17) is 25.8 Å². The predicted molar refractivity (Wildman–Crippen MR) is 91.3 cm³/mol. The molecule has 6 heteroatoms. The number of hydrogen-bond donors (Lipinski definition) is 1. The van der Waals surface area contributed by atoms with Crippen molar-refractivity contribution in [2.24, 2.45) is 0 Å². The van der Waals surface area contributed by atoms with E-state index in [1.165, 1.54) is 7.11 Å². The van der Waals surface area contributed by atoms with Crippen molar-refractivity contribution in [3.8, 4) is 17.2 Å². The monoisotopic (exact) mass is 347 g/mol. The van der Waals surface area contributed by atoms with E-state index in [1.54, 1.807) is 18.2 Å². The summed E-state index contributed by atoms with van der Waals surface area (Å²) in [7, 11) is 1.53. The van der Waals surface area contributed by atoms with Gasteiger partial charge in [-0.1, -0.05) is 17.7 Å². The van der Waals surface area contributed by atoms with Crippen LogP contribution in [0.25, 0.3) is 0 Å². The Bertz CT molecular complexity index is 763. The van der Waals surface area contributed by atoms with Crippen LogP contribution in [0.2, 0.25) is 5.02 Å². The Balaban J connectivity index is 1.73. The van der Waals surface area contributed by atoms with Gasteiger partial charge in [-0.25, -0.2) is 0 Å². The zero-order valence-electron chi connectivity index (χ0n) is 13.5. The van der Waals surface area contributed by atoms with E-state index >= 15 is 0 Å². The van der Waals surface area contributed by atoms with Gasteiger partial charge < -0.3 is 19.5 Å². The average molecular weight is 348 g/mol. The summed E-state index contributed by atoms with van der Waals surface area (Å²) in [6, 6.07) is 10.4. The molecule has 1 N–H and O–H groups in total. The Kier molecular flexibility index (Phi) is 4.81. The molecular weight excluding hydrogens is 330 g/mol. The first-order chi connectivity index (χ1) is 11.6. The van der Waals surface area contributed by atoms with Gasteiger partial charge in [-0.3, -0.25) is 4.79 Å². The van der Waals surface area contributed by atoms with Gasteiger partial charge in [0.25, 0.3) is 5.91 Å². The molecule has 1 aliphatic heterocycles. The molecule has 24 heavy (non-hydrogen) atoms. The summed E-state index contributed by atoms with van der Waals surface area (Å²) >= 11 is 6.07. The average Bonchev–Trinajstić information content (AvgIpc) is 2.61. The summed E-state index contributed by atoms with van der Waals surface area (Å²) in [5, 5.41) is 3.35. The van der Waals surface area contributed by atoms with Crippen molar-refractivity contribution in [3.63, 3.8) is 0 Å². The number of ether oxygens (including phenoxy) is 3. The van der Waals surface area contributed by atoms with Crippen LogP contribution >= 0.6 is 11.6 Å². The molecule has 0 saturated heterocycles. The van der Waals surface area contributed by atoms with E-state index in [2.05, 4.69) is 5.32 Å². The zero-order valence-corrected chi connectivity index (χ0v) is 14.2. The number of carbonyl (C=O) groups is 1. The number of nitrogens with one attached hydrogen (secondary N) is 1. The summed E-state index contributed by atoms with van der Waals surface area (Å²) in [4.78, 5) is 12.4. The summed E-state index contributed by atoms with van der Waals surface area (Å²) < 4.78 is 16.2. The van der Waals surface area contributed by atoms with E-state index < -0.39 is 0 Å². The molecule has 3 rings (SSSR count). The lowest BCUT2D eigenvalue weighted by atomic mass is 10.1. The second kappa shape index (κ2) is 7.01. The Morgan fingerprint density at radius 1 is 1.17 bits per heavy atom. The quantitative estimate of drug-likeness (QED) is 0.918. The van der Waals surface area contributed by atoms with Crippen LogP contribution < -0.4 is 19.5 Å². The Morgan fingerprint density at radius 3 is 2.62 bits per heavy atom. The van der Waals surface area contributed by atoms with Crippen LogP contribution in [-0.4, -0.2) is 26.2 Å². The van der Waals surface area contributed by atoms with E-state index in [0.29, 0.717) is 35.3 Å². The molecule has 1 amide bonds. The molecule has 1 heterocycles. The van der Waals surface area contributed by atoms with Crippen LogP contribution in [0.1, 0.15) is 28.9 Å². The highest BCUT2D eigenvalue weighted by Gasteiger charge is 2.17. The molecule has 0 saturated carbocycles. The predicted octanol–water partition coefficient (Wildman–Crippen LogP) is 3.61. The molecule has 0 aliphatic carbocycles. The van der Waals surface area contributed by atoms with Gasteiger partial charge in [0.15, 0.2) is 11.5 Å². The van der Waals surface area contributed by atoms with E-state index in [1.807, 2.05) is 25.1 Å². The highest BCUT2D eigenvalue weighted by Crippen LogP contribution is 2.32. The SMILES string of the molecule is COc1ccc(C(=O)N[C@@H](C)c2ccc3c(c2)OCCO3)cc1Cl. The lowest BCUT2D eigenvalue weighted by Gasteiger charge is -2.21. The van der Waals surface area contributed by atoms with Crippen molar-refractivity contribution in [2.75, 3.05) is 20.3 Å². The number of methoxy groups -OCH3 is 1. The molecule has 1 aliphatic rings. The van der Waals surface area contributed by atoms with Crippen LogP contribution in [0.3, 0.4) is 0 Å². The molecular formula is C18H18ClNO4. The van der Waals surface area contributed by atoms with Crippen LogP contribution in [-0.2, 0) is 0 Å². The van der Waals surface area contributed by atoms with Crippen molar-refractivity contribution in [2.45, 2.75) is 13.0 Å². The molecule has 0 aromatic heterocycles. The second-order valence-corrected chi connectivity index (χ2v) is 5.85. The Hall–Kier alpha value is -2.40. The minimum Gasteiger partial charge on any atom is -0.495 e. The Labute approximate surface area is 145 Å². The molecule has 5 nitrogen and oxygen atoms in total. The maximum atomic E-state index is 12.4. The second-order valence-electron chi connectivity index (χ2n) is 5.45. The number of hydrogen-bond acceptors (Lipinski definition) is 4. The first-order valence-electron chi connectivity index (χ1n) is 7.62. The number of rotatable bonds is 4. The summed E-state index contributed by atoms with van der Waals surface area (Å²) in [6.45, 7) is 2.99. The summed E-state index contributed by atoms with van der Waals surface area (Å²) in [5.74, 6) is 1.76. The van der Waals surface area contributed by atoms with Gasteiger partial charge in [-0.2, -0.15) is 0 Å². The Morgan fingerprint density at radius 2 is 1.92 bits per heavy atom. The van der Waals surface area contributed by atoms with Gasteiger partial charge in [-0.05, 0) is 42.8 Å². The van der Waals surface area contributed by atoms with Gasteiger partial charge in [-0.15, -0.1) is 0 Å². The molecule has 2 aromatic carbocycles. The standard InChI is InChI=1S/C18H18ClNO4/c1-11(12-3-6-16-17(10-12)24-8-7-23-16)20-18(21)13-4-5-15(22-2)14(19)9-13/h3-6,9-11H,7-8H2,1-2H3,(H,20,21)/t11-/m0/s1. The van der Waals surface area contributed by atoms with Gasteiger partial charge >= 0.3 is 0 Å². The first kappa shape index (κ1) is 16.5. The van der Waals surface area contributed by atoms with Crippen molar-refractivity contribution in [3.05, 3.63) is 52.5 Å². The van der Waals surface area contributed by atoms with Gasteiger partial charge in [0.1, 0.15) is 19.0 Å². The van der Waals surface area contributed by atoms with Crippen LogP contribution in [0.4, 0.5) is 0 Å². The van der Waals surface area contributed by atoms with Crippen LogP contribution in [0.5, 0.6) is 17.2 Å². The van der Waals surface area contributed by atoms with E-state index in [0.717, 1.165) is 11.3 Å². The molecule has 126 valence electrons. The topological polar surface area (TPSA) is 56.8 Å². The highest BCUT2D eigenvalue weighted by molar-refractivity contribution is 6.32. The van der Waals surface area contributed by atoms with Crippen molar-refractivity contribution in [1.82, 2.24) is 5.32 Å². The number of benzene rings is 2. The summed E-state index contributed by atoms with van der Waals surface area (Å²) in [5.41, 5.74) is 1.41. The highest BCUT2D eigenvalue weighted by atomic mass is 35.5. The molecule has 0 unspecified atom stereocenters. The first-order valence-corrected chi connectivity index (χ1v) is 8.00. The van der Waals surface area contributed by atoms with Crippen molar-refractivity contribution >= 4 is 17.5 Å². The molecule has 1 atom stereocenters. The number of amides is 1. The van der Waals surface area contributed by atoms with Gasteiger partial charge in [0.2, 0.25) is 0 Å². The third kappa shape index (κ3) is 3.41. The summed E-state index contributed by atoms with van der Waals surface area (Å²) in [6.07, 6.45) is 0. The van der Waals surface area contributed by atoms with E-state index in [-0.39, 0.29) is 11.9 Å². The van der Waals surface area contributed by atoms with Crippen molar-refractivity contribution < 1.29 is 19.0 Å². The number of halogens is 1. The molecule has 0 fully saturated rings. The lowest BCUT2D eigenvalue weighted by Crippen LogP contribution is -2.26. The molecule has 0 radical (unpaired) electrons. The van der Waals surface area contributed by atoms with Gasteiger partial charge in [0.05, 0.1) is 18.2 Å². The maximum Gasteiger partial charge on any atom is 0.251 e. The number of carbonyl (C=O) groups excluding carboxylic acids is 1. The minimum atomic E-state index is -0.207. The van der Waals surface area contributed by atoms with Gasteiger partial charge in [0, 0.05) is 5.56 Å². The third-order valence-corrected chi connectivity index (χ3v) is 4.12. The molecule has 2 aromatic rings. The van der Waals surface area contributed by atoms with E-state index in [9.17, 15) is 4.79 Å². The minimum absolute atomic E-state index is 0.186. The third-order valence-electron chi connectivity index (χ3n) is 3.83. The maximum absolute atomic E-state index is 12.4. The fraction of sp³-hybridized carbons (Fsp3) is 0.278. The lowest BCUT2D eigenvalue weighted by molar-refractivity contribution is 0.0939. The zero-order chi connectivity index (χ0) is 17.1. The fourth-order valence-electron chi connectivity index (χ4n) is 2.50. The van der Waals surface area contributed by atoms with Crippen molar-refractivity contribution in [1.29, 1.82) is 0 Å². The number of fused-ring (bicyclic) bond motifs is 1. The fourth-order valence-corrected chi connectivity index (χ4v) is 2.76. The molecule has 0 bridgehead atoms. The smallest absolute Gasteiger partial charge is 0.251 e.